The van der Waals surface area contributed by atoms with Crippen molar-refractivity contribution >= 4 is 17.3 Å². The SMILES string of the molecule is Cc1noc(C)c1-c1ccnc(O[C@H]2CN(c3cn[nH]c(=O)c3Cl)C[C@@H]2F)c1. The van der Waals surface area contributed by atoms with Gasteiger partial charge in [-0.1, -0.05) is 16.8 Å². The molecule has 1 N–H and O–H groups in total. The molecule has 1 aliphatic rings. The summed E-state index contributed by atoms with van der Waals surface area (Å²) in [7, 11) is 0. The topological polar surface area (TPSA) is 97.1 Å². The van der Waals surface area contributed by atoms with Gasteiger partial charge in [-0.3, -0.25) is 4.79 Å². The molecule has 1 aliphatic heterocycles. The molecule has 1 fully saturated rings. The van der Waals surface area contributed by atoms with E-state index in [2.05, 4.69) is 20.3 Å². The van der Waals surface area contributed by atoms with Crippen molar-refractivity contribution in [1.29, 1.82) is 0 Å². The van der Waals surface area contributed by atoms with Gasteiger partial charge in [-0.25, -0.2) is 14.5 Å². The van der Waals surface area contributed by atoms with Crippen LogP contribution >= 0.6 is 11.6 Å². The van der Waals surface area contributed by atoms with Crippen LogP contribution in [0.1, 0.15) is 11.5 Å². The first-order valence-electron chi connectivity index (χ1n) is 8.62. The maximum Gasteiger partial charge on any atom is 0.285 e. The van der Waals surface area contributed by atoms with Crippen LogP contribution in [0.5, 0.6) is 5.88 Å². The van der Waals surface area contributed by atoms with E-state index in [1.165, 1.54) is 6.20 Å². The van der Waals surface area contributed by atoms with Crippen molar-refractivity contribution in [2.24, 2.45) is 0 Å². The number of nitrogens with zero attached hydrogens (tertiary/aromatic N) is 4. The van der Waals surface area contributed by atoms with E-state index in [-0.39, 0.29) is 18.1 Å². The molecule has 0 bridgehead atoms. The van der Waals surface area contributed by atoms with E-state index in [0.717, 1.165) is 16.8 Å². The van der Waals surface area contributed by atoms with Gasteiger partial charge in [-0.2, -0.15) is 5.10 Å². The molecule has 146 valence electrons. The average Bonchev–Trinajstić information content (AvgIpc) is 3.19. The lowest BCUT2D eigenvalue weighted by atomic mass is 10.1. The zero-order valence-electron chi connectivity index (χ0n) is 15.1. The summed E-state index contributed by atoms with van der Waals surface area (Å²) in [6, 6.07) is 3.54. The standard InChI is InChI=1S/C18H17ClFN5O3/c1-9-16(10(2)28-24-9)11-3-4-21-15(5-11)27-14-8-25(7-12(14)20)13-6-22-23-18(26)17(13)19/h3-6,12,14H,7-8H2,1-2H3,(H,23,26)/t12-,14-/m0/s1. The highest BCUT2D eigenvalue weighted by Crippen LogP contribution is 2.31. The predicted molar refractivity (Wildman–Crippen MR) is 101 cm³/mol. The van der Waals surface area contributed by atoms with E-state index in [1.807, 2.05) is 19.9 Å². The summed E-state index contributed by atoms with van der Waals surface area (Å²) in [5.74, 6) is 0.976. The van der Waals surface area contributed by atoms with Gasteiger partial charge in [-0.15, -0.1) is 0 Å². The summed E-state index contributed by atoms with van der Waals surface area (Å²) in [4.78, 5) is 17.5. The molecule has 1 saturated heterocycles. The van der Waals surface area contributed by atoms with Gasteiger partial charge in [0, 0.05) is 17.8 Å². The first-order valence-corrected chi connectivity index (χ1v) is 9.00. The lowest BCUT2D eigenvalue weighted by molar-refractivity contribution is 0.135. The number of ether oxygens (including phenoxy) is 1. The third kappa shape index (κ3) is 3.33. The van der Waals surface area contributed by atoms with Crippen LogP contribution < -0.4 is 15.2 Å². The fourth-order valence-corrected chi connectivity index (χ4v) is 3.53. The minimum atomic E-state index is -1.28. The number of H-pyrrole nitrogens is 1. The van der Waals surface area contributed by atoms with Crippen molar-refractivity contribution in [3.63, 3.8) is 0 Å². The summed E-state index contributed by atoms with van der Waals surface area (Å²) in [5.41, 5.74) is 2.29. The van der Waals surface area contributed by atoms with E-state index >= 15 is 0 Å². The Hall–Kier alpha value is -2.94. The molecule has 28 heavy (non-hydrogen) atoms. The maximum atomic E-state index is 14.6. The summed E-state index contributed by atoms with van der Waals surface area (Å²) in [5, 5.41) is 9.89. The molecule has 3 aromatic heterocycles. The highest BCUT2D eigenvalue weighted by atomic mass is 35.5. The van der Waals surface area contributed by atoms with Gasteiger partial charge in [0.25, 0.3) is 5.56 Å². The Kier molecular flexibility index (Phi) is 4.76. The maximum absolute atomic E-state index is 14.6. The van der Waals surface area contributed by atoms with Crippen LogP contribution in [-0.2, 0) is 0 Å². The molecule has 8 nitrogen and oxygen atoms in total. The van der Waals surface area contributed by atoms with Crippen LogP contribution in [0.3, 0.4) is 0 Å². The minimum Gasteiger partial charge on any atom is -0.469 e. The van der Waals surface area contributed by atoms with E-state index in [1.54, 1.807) is 17.2 Å². The Morgan fingerprint density at radius 3 is 2.96 bits per heavy atom. The normalized spacial score (nSPS) is 19.2. The smallest absolute Gasteiger partial charge is 0.285 e. The molecule has 0 radical (unpaired) electrons. The van der Waals surface area contributed by atoms with Crippen LogP contribution in [-0.4, -0.2) is 45.7 Å². The van der Waals surface area contributed by atoms with E-state index in [0.29, 0.717) is 17.3 Å². The molecule has 0 spiro atoms. The molecular formula is C18H17ClFN5O3. The first-order chi connectivity index (χ1) is 13.4. The van der Waals surface area contributed by atoms with E-state index in [9.17, 15) is 9.18 Å². The van der Waals surface area contributed by atoms with Gasteiger partial charge in [0.05, 0.1) is 30.7 Å². The van der Waals surface area contributed by atoms with Gasteiger partial charge >= 0.3 is 0 Å². The predicted octanol–water partition coefficient (Wildman–Crippen LogP) is 2.70. The van der Waals surface area contributed by atoms with Crippen LogP contribution in [0.25, 0.3) is 11.1 Å². The van der Waals surface area contributed by atoms with Crippen molar-refractivity contribution in [3.8, 4) is 17.0 Å². The number of halogens is 2. The summed E-state index contributed by atoms with van der Waals surface area (Å²) in [6.07, 6.45) is 0.950. The summed E-state index contributed by atoms with van der Waals surface area (Å²) in [6.45, 7) is 3.92. The van der Waals surface area contributed by atoms with E-state index < -0.39 is 17.8 Å². The molecule has 0 unspecified atom stereocenters. The zero-order chi connectivity index (χ0) is 19.8. The van der Waals surface area contributed by atoms with Gasteiger partial charge < -0.3 is 14.2 Å². The number of hydrogen-bond acceptors (Lipinski definition) is 7. The Bertz CT molecular complexity index is 1050. The molecule has 3 aromatic rings. The summed E-state index contributed by atoms with van der Waals surface area (Å²) >= 11 is 6.02. The quantitative estimate of drug-likeness (QED) is 0.712. The second kappa shape index (κ2) is 7.23. The number of anilines is 1. The number of aromatic amines is 1. The van der Waals surface area contributed by atoms with Crippen molar-refractivity contribution < 1.29 is 13.7 Å². The van der Waals surface area contributed by atoms with Crippen molar-refractivity contribution in [2.45, 2.75) is 26.1 Å². The number of hydrogen-bond donors (Lipinski definition) is 1. The van der Waals surface area contributed by atoms with Crippen LogP contribution in [0, 0.1) is 13.8 Å². The number of pyridine rings is 1. The van der Waals surface area contributed by atoms with Crippen LogP contribution in [0.15, 0.2) is 33.8 Å². The first kappa shape index (κ1) is 18.4. The molecule has 0 aromatic carbocycles. The molecule has 2 atom stereocenters. The van der Waals surface area contributed by atoms with Crippen LogP contribution in [0.4, 0.5) is 10.1 Å². The zero-order valence-corrected chi connectivity index (χ0v) is 15.9. The highest BCUT2D eigenvalue weighted by molar-refractivity contribution is 6.33. The highest BCUT2D eigenvalue weighted by Gasteiger charge is 2.36. The molecule has 0 aliphatic carbocycles. The Morgan fingerprint density at radius 2 is 2.21 bits per heavy atom. The van der Waals surface area contributed by atoms with Gasteiger partial charge in [0.2, 0.25) is 5.88 Å². The van der Waals surface area contributed by atoms with Gasteiger partial charge in [-0.05, 0) is 25.5 Å². The third-order valence-electron chi connectivity index (χ3n) is 4.65. The number of aryl methyl sites for hydroxylation is 2. The van der Waals surface area contributed by atoms with Gasteiger partial charge in [0.15, 0.2) is 12.3 Å². The van der Waals surface area contributed by atoms with Crippen LogP contribution in [0.2, 0.25) is 5.02 Å². The summed E-state index contributed by atoms with van der Waals surface area (Å²) < 4.78 is 25.6. The monoisotopic (exact) mass is 405 g/mol. The fraction of sp³-hybridized carbons (Fsp3) is 0.333. The van der Waals surface area contributed by atoms with Crippen molar-refractivity contribution in [1.82, 2.24) is 20.3 Å². The minimum absolute atomic E-state index is 0.0265. The lowest BCUT2D eigenvalue weighted by Crippen LogP contribution is -2.28. The van der Waals surface area contributed by atoms with E-state index in [4.69, 9.17) is 20.9 Å². The largest absolute Gasteiger partial charge is 0.469 e. The molecule has 4 heterocycles. The molecule has 10 heteroatoms. The number of nitrogens with one attached hydrogen (secondary N) is 1. The number of alkyl halides is 1. The number of aromatic nitrogens is 4. The third-order valence-corrected chi connectivity index (χ3v) is 5.01. The second-order valence-corrected chi connectivity index (χ2v) is 6.94. The van der Waals surface area contributed by atoms with Crippen molar-refractivity contribution in [2.75, 3.05) is 18.0 Å². The Morgan fingerprint density at radius 1 is 1.39 bits per heavy atom. The second-order valence-electron chi connectivity index (χ2n) is 6.56. The molecular weight excluding hydrogens is 389 g/mol. The molecule has 0 amide bonds. The fourth-order valence-electron chi connectivity index (χ4n) is 3.32. The molecule has 4 rings (SSSR count). The Labute approximate surface area is 164 Å². The molecule has 0 saturated carbocycles. The Balaban J connectivity index is 1.54. The average molecular weight is 406 g/mol. The number of rotatable bonds is 4. The lowest BCUT2D eigenvalue weighted by Gasteiger charge is -2.18. The van der Waals surface area contributed by atoms with Crippen molar-refractivity contribution in [3.05, 3.63) is 51.4 Å². The van der Waals surface area contributed by atoms with Gasteiger partial charge in [0.1, 0.15) is 10.8 Å².